The lowest BCUT2D eigenvalue weighted by atomic mass is 10.0. The van der Waals surface area contributed by atoms with Crippen LogP contribution in [0, 0.1) is 0 Å². The van der Waals surface area contributed by atoms with Gasteiger partial charge < -0.3 is 13.7 Å². The number of hydrogen-bond donors (Lipinski definition) is 0. The van der Waals surface area contributed by atoms with Crippen LogP contribution in [-0.4, -0.2) is 4.40 Å². The van der Waals surface area contributed by atoms with Crippen molar-refractivity contribution in [3.05, 3.63) is 182 Å². The molecular formula is C50H30N2O. The van der Waals surface area contributed by atoms with Crippen LogP contribution < -0.4 is 4.90 Å². The molecule has 0 radical (unpaired) electrons. The van der Waals surface area contributed by atoms with E-state index in [2.05, 4.69) is 191 Å². The predicted molar refractivity (Wildman–Crippen MR) is 224 cm³/mol. The average molecular weight is 675 g/mol. The van der Waals surface area contributed by atoms with E-state index in [1.807, 2.05) is 0 Å². The van der Waals surface area contributed by atoms with E-state index in [9.17, 15) is 0 Å². The molecule has 246 valence electrons. The van der Waals surface area contributed by atoms with E-state index in [1.54, 1.807) is 0 Å². The topological polar surface area (TPSA) is 20.8 Å². The summed E-state index contributed by atoms with van der Waals surface area (Å²) in [5.41, 5.74) is 11.2. The van der Waals surface area contributed by atoms with Gasteiger partial charge in [-0.2, -0.15) is 0 Å². The molecule has 0 aliphatic rings. The Kier molecular flexibility index (Phi) is 5.77. The Labute approximate surface area is 304 Å². The highest BCUT2D eigenvalue weighted by atomic mass is 16.3. The summed E-state index contributed by atoms with van der Waals surface area (Å²) in [6, 6.07) is 65.9. The van der Waals surface area contributed by atoms with Crippen molar-refractivity contribution in [1.29, 1.82) is 0 Å². The van der Waals surface area contributed by atoms with Crippen LogP contribution in [0.25, 0.3) is 92.7 Å². The summed E-state index contributed by atoms with van der Waals surface area (Å²) in [6.07, 6.45) is 0. The number of rotatable bonds is 4. The summed E-state index contributed by atoms with van der Waals surface area (Å²) in [6.45, 7) is 0. The van der Waals surface area contributed by atoms with Crippen molar-refractivity contribution in [1.82, 2.24) is 4.40 Å². The van der Waals surface area contributed by atoms with E-state index in [0.29, 0.717) is 0 Å². The van der Waals surface area contributed by atoms with E-state index in [0.717, 1.165) is 55.5 Å². The molecule has 0 saturated heterocycles. The molecule has 0 saturated carbocycles. The molecule has 0 amide bonds. The van der Waals surface area contributed by atoms with Crippen LogP contribution in [0.15, 0.2) is 186 Å². The van der Waals surface area contributed by atoms with Crippen LogP contribution in [-0.2, 0) is 0 Å². The van der Waals surface area contributed by atoms with Crippen LogP contribution in [0.3, 0.4) is 0 Å². The number of benzene rings is 9. The number of fused-ring (bicyclic) bond motifs is 12. The fourth-order valence-corrected chi connectivity index (χ4v) is 8.83. The second-order valence-electron chi connectivity index (χ2n) is 14.2. The molecule has 0 spiro atoms. The van der Waals surface area contributed by atoms with Gasteiger partial charge in [0.25, 0.3) is 0 Å². The molecule has 3 nitrogen and oxygen atoms in total. The minimum absolute atomic E-state index is 0.893. The van der Waals surface area contributed by atoms with Crippen LogP contribution in [0.4, 0.5) is 17.1 Å². The van der Waals surface area contributed by atoms with Crippen molar-refractivity contribution in [3.63, 3.8) is 0 Å². The van der Waals surface area contributed by atoms with E-state index in [-0.39, 0.29) is 0 Å². The zero-order chi connectivity index (χ0) is 34.6. The number of furan rings is 1. The Morgan fingerprint density at radius 1 is 0.358 bits per heavy atom. The number of aromatic nitrogens is 1. The first-order valence-electron chi connectivity index (χ1n) is 18.2. The first-order valence-corrected chi connectivity index (χ1v) is 18.2. The first-order chi connectivity index (χ1) is 26.3. The van der Waals surface area contributed by atoms with Crippen LogP contribution in [0.1, 0.15) is 0 Å². The Balaban J connectivity index is 1.01. The number of para-hydroxylation sites is 3. The molecule has 0 N–H and O–H groups in total. The lowest BCUT2D eigenvalue weighted by molar-refractivity contribution is 0.673. The molecule has 0 aliphatic heterocycles. The lowest BCUT2D eigenvalue weighted by Crippen LogP contribution is -2.09. The summed E-state index contributed by atoms with van der Waals surface area (Å²) in [7, 11) is 0. The molecule has 0 aliphatic carbocycles. The van der Waals surface area contributed by atoms with Crippen molar-refractivity contribution in [3.8, 4) is 11.1 Å². The summed E-state index contributed by atoms with van der Waals surface area (Å²) < 4.78 is 9.27. The van der Waals surface area contributed by atoms with E-state index >= 15 is 0 Å². The summed E-state index contributed by atoms with van der Waals surface area (Å²) in [5.74, 6) is 0. The van der Waals surface area contributed by atoms with Gasteiger partial charge >= 0.3 is 0 Å². The Hall–Kier alpha value is -7.10. The first kappa shape index (κ1) is 28.6. The van der Waals surface area contributed by atoms with Crippen LogP contribution >= 0.6 is 0 Å². The smallest absolute Gasteiger partial charge is 0.143 e. The van der Waals surface area contributed by atoms with Gasteiger partial charge in [-0.05, 0) is 100 Å². The quantitative estimate of drug-likeness (QED) is 0.185. The third-order valence-corrected chi connectivity index (χ3v) is 11.2. The van der Waals surface area contributed by atoms with Crippen molar-refractivity contribution < 1.29 is 4.42 Å². The summed E-state index contributed by atoms with van der Waals surface area (Å²) in [5, 5.41) is 12.2. The van der Waals surface area contributed by atoms with Gasteiger partial charge in [0, 0.05) is 54.8 Å². The molecule has 0 atom stereocenters. The summed E-state index contributed by atoms with van der Waals surface area (Å²) in [4.78, 5) is 2.33. The van der Waals surface area contributed by atoms with Gasteiger partial charge in [-0.1, -0.05) is 109 Å². The highest BCUT2D eigenvalue weighted by molar-refractivity contribution is 6.26. The molecule has 9 aromatic carbocycles. The second kappa shape index (κ2) is 10.7. The maximum atomic E-state index is 6.83. The zero-order valence-corrected chi connectivity index (χ0v) is 28.6. The van der Waals surface area contributed by atoms with Crippen molar-refractivity contribution >= 4 is 98.6 Å². The fraction of sp³-hybridized carbons (Fsp3) is 0. The van der Waals surface area contributed by atoms with Gasteiger partial charge in [-0.25, -0.2) is 0 Å². The fourth-order valence-electron chi connectivity index (χ4n) is 8.83. The van der Waals surface area contributed by atoms with Gasteiger partial charge in [-0.15, -0.1) is 0 Å². The zero-order valence-electron chi connectivity index (χ0n) is 28.6. The Morgan fingerprint density at radius 3 is 1.98 bits per heavy atom. The van der Waals surface area contributed by atoms with Gasteiger partial charge in [-0.3, -0.25) is 0 Å². The molecule has 0 unspecified atom stereocenters. The van der Waals surface area contributed by atoms with Gasteiger partial charge in [0.15, 0.2) is 0 Å². The molecule has 0 fully saturated rings. The van der Waals surface area contributed by atoms with Gasteiger partial charge in [0.2, 0.25) is 0 Å². The molecule has 3 aromatic heterocycles. The normalized spacial score (nSPS) is 12.2. The maximum absolute atomic E-state index is 6.83. The number of nitrogens with zero attached hydrogens (tertiary/aromatic N) is 2. The van der Waals surface area contributed by atoms with Gasteiger partial charge in [0.1, 0.15) is 11.2 Å². The van der Waals surface area contributed by atoms with Crippen molar-refractivity contribution in [2.45, 2.75) is 0 Å². The largest absolute Gasteiger partial charge is 0.455 e. The second-order valence-corrected chi connectivity index (χ2v) is 14.2. The van der Waals surface area contributed by atoms with E-state index in [4.69, 9.17) is 4.42 Å². The highest BCUT2D eigenvalue weighted by Crippen LogP contribution is 2.43. The molecule has 0 bridgehead atoms. The van der Waals surface area contributed by atoms with Crippen molar-refractivity contribution in [2.24, 2.45) is 0 Å². The number of anilines is 3. The molecular weight excluding hydrogens is 645 g/mol. The lowest BCUT2D eigenvalue weighted by Gasteiger charge is -2.26. The monoisotopic (exact) mass is 674 g/mol. The highest BCUT2D eigenvalue weighted by Gasteiger charge is 2.20. The standard InChI is InChI=1S/C50H30N2O/c1-2-13-36(14-3-1)51(38-23-20-31-10-4-5-11-32(31)26-38)37-15-8-12-33(27-37)34-21-24-40-43-25-22-35-28-47-45(30-44(35)50(43)53-48(40)29-34)42-18-9-17-41-39-16-6-7-19-46(39)52(47)49(41)42/h1-30H. The minimum atomic E-state index is 0.893. The Morgan fingerprint density at radius 2 is 1.06 bits per heavy atom. The third kappa shape index (κ3) is 4.10. The van der Waals surface area contributed by atoms with Crippen LogP contribution in [0.5, 0.6) is 0 Å². The molecule has 12 rings (SSSR count). The van der Waals surface area contributed by atoms with Gasteiger partial charge in [0.05, 0.1) is 16.6 Å². The maximum Gasteiger partial charge on any atom is 0.143 e. The minimum Gasteiger partial charge on any atom is -0.455 e. The van der Waals surface area contributed by atoms with E-state index in [1.165, 1.54) is 54.3 Å². The van der Waals surface area contributed by atoms with Crippen LogP contribution in [0.2, 0.25) is 0 Å². The molecule has 53 heavy (non-hydrogen) atoms. The summed E-state index contributed by atoms with van der Waals surface area (Å²) >= 11 is 0. The predicted octanol–water partition coefficient (Wildman–Crippen LogP) is 14.2. The Bertz CT molecular complexity index is 3410. The van der Waals surface area contributed by atoms with Crippen molar-refractivity contribution in [2.75, 3.05) is 4.90 Å². The molecule has 12 aromatic rings. The molecule has 3 heterocycles. The average Bonchev–Trinajstić information content (AvgIpc) is 3.87. The van der Waals surface area contributed by atoms with E-state index < -0.39 is 0 Å². The number of hydrogen-bond acceptors (Lipinski definition) is 2. The SMILES string of the molecule is c1ccc(N(c2cccc(-c3ccc4c(c3)oc3c5cc6c7cccc8c9ccccc9n(c6cc5ccc43)c87)c2)c2ccc3ccccc3c2)cc1. The molecule has 3 heteroatoms. The third-order valence-electron chi connectivity index (χ3n) is 11.2.